The largest absolute Gasteiger partial charge is 0.355 e. The quantitative estimate of drug-likeness (QED) is 0.598. The summed E-state index contributed by atoms with van der Waals surface area (Å²) in [6.07, 6.45) is 1.74. The third kappa shape index (κ3) is 8.16. The summed E-state index contributed by atoms with van der Waals surface area (Å²) < 4.78 is 0. The number of rotatable bonds is 9. The molecule has 0 saturated carbocycles. The lowest BCUT2D eigenvalue weighted by atomic mass is 10.0. The molecule has 0 spiro atoms. The van der Waals surface area contributed by atoms with E-state index in [-0.39, 0.29) is 11.9 Å². The van der Waals surface area contributed by atoms with Crippen LogP contribution in [0.4, 0.5) is 0 Å². The van der Waals surface area contributed by atoms with Gasteiger partial charge in [-0.25, -0.2) is 0 Å². The third-order valence-corrected chi connectivity index (χ3v) is 2.91. The van der Waals surface area contributed by atoms with Crippen molar-refractivity contribution in [2.45, 2.75) is 46.6 Å². The van der Waals surface area contributed by atoms with E-state index in [1.165, 1.54) is 0 Å². The van der Waals surface area contributed by atoms with Crippen LogP contribution in [0.2, 0.25) is 0 Å². The number of carbonyl (C=O) groups excluding carboxylic acids is 1. The van der Waals surface area contributed by atoms with Crippen molar-refractivity contribution in [2.24, 2.45) is 11.7 Å². The molecule has 0 rings (SSSR count). The molecule has 102 valence electrons. The van der Waals surface area contributed by atoms with Crippen LogP contribution in [0.25, 0.3) is 0 Å². The molecule has 0 aliphatic heterocycles. The minimum absolute atomic E-state index is 0.0155. The normalized spacial score (nSPS) is 13.1. The molecule has 4 heteroatoms. The van der Waals surface area contributed by atoms with Gasteiger partial charge in [-0.1, -0.05) is 27.7 Å². The number of nitrogens with one attached hydrogen (secondary N) is 1. The maximum atomic E-state index is 11.6. The van der Waals surface area contributed by atoms with Crippen molar-refractivity contribution >= 4 is 5.91 Å². The number of carbonyl (C=O) groups is 1. The Bertz CT molecular complexity index is 203. The lowest BCUT2D eigenvalue weighted by molar-refractivity contribution is -0.122. The number of hydrogen-bond acceptors (Lipinski definition) is 3. The Balaban J connectivity index is 3.63. The molecular weight excluding hydrogens is 214 g/mol. The first-order valence-electron chi connectivity index (χ1n) is 6.76. The molecule has 0 radical (unpaired) electrons. The average Bonchev–Trinajstić information content (AvgIpc) is 2.28. The number of nitrogens with two attached hydrogens (primary N) is 1. The third-order valence-electron chi connectivity index (χ3n) is 2.91. The Kier molecular flexibility index (Phi) is 9.09. The van der Waals surface area contributed by atoms with Gasteiger partial charge < -0.3 is 16.0 Å². The van der Waals surface area contributed by atoms with Crippen molar-refractivity contribution in [2.75, 3.05) is 26.2 Å². The van der Waals surface area contributed by atoms with Crippen LogP contribution < -0.4 is 11.1 Å². The highest BCUT2D eigenvalue weighted by Crippen LogP contribution is 2.02. The molecular formula is C13H29N3O. The molecule has 17 heavy (non-hydrogen) atoms. The standard InChI is InChI=1S/C13H29N3O/c1-5-16(6-2)9-7-8-15-13(17)12(14)10-11(3)4/h11-12H,5-10,14H2,1-4H3,(H,15,17)/t12-/m1/s1. The fraction of sp³-hybridized carbons (Fsp3) is 0.923. The zero-order valence-electron chi connectivity index (χ0n) is 11.8. The van der Waals surface area contributed by atoms with Crippen molar-refractivity contribution in [3.63, 3.8) is 0 Å². The molecule has 0 heterocycles. The van der Waals surface area contributed by atoms with Gasteiger partial charge in [-0.2, -0.15) is 0 Å². The molecule has 0 fully saturated rings. The van der Waals surface area contributed by atoms with E-state index in [0.29, 0.717) is 5.92 Å². The molecule has 0 unspecified atom stereocenters. The minimum atomic E-state index is -0.358. The van der Waals surface area contributed by atoms with Crippen LogP contribution in [0.3, 0.4) is 0 Å². The highest BCUT2D eigenvalue weighted by atomic mass is 16.2. The van der Waals surface area contributed by atoms with Crippen LogP contribution >= 0.6 is 0 Å². The van der Waals surface area contributed by atoms with Gasteiger partial charge in [0.25, 0.3) is 0 Å². The van der Waals surface area contributed by atoms with Gasteiger partial charge in [-0.05, 0) is 38.4 Å². The molecule has 0 aromatic carbocycles. The molecule has 0 bridgehead atoms. The van der Waals surface area contributed by atoms with E-state index in [1.807, 2.05) is 0 Å². The van der Waals surface area contributed by atoms with Gasteiger partial charge >= 0.3 is 0 Å². The first-order chi connectivity index (χ1) is 8.01. The Morgan fingerprint density at radius 2 is 1.88 bits per heavy atom. The number of amides is 1. The van der Waals surface area contributed by atoms with Crippen molar-refractivity contribution in [1.29, 1.82) is 0 Å². The van der Waals surface area contributed by atoms with Crippen LogP contribution in [0.1, 0.15) is 40.5 Å². The summed E-state index contributed by atoms with van der Waals surface area (Å²) in [7, 11) is 0. The van der Waals surface area contributed by atoms with Gasteiger partial charge in [-0.15, -0.1) is 0 Å². The highest BCUT2D eigenvalue weighted by Gasteiger charge is 2.13. The molecule has 0 saturated heterocycles. The minimum Gasteiger partial charge on any atom is -0.355 e. The fourth-order valence-electron chi connectivity index (χ4n) is 1.80. The molecule has 4 nitrogen and oxygen atoms in total. The maximum Gasteiger partial charge on any atom is 0.236 e. The Morgan fingerprint density at radius 1 is 1.29 bits per heavy atom. The highest BCUT2D eigenvalue weighted by molar-refractivity contribution is 5.81. The topological polar surface area (TPSA) is 58.4 Å². The summed E-state index contributed by atoms with van der Waals surface area (Å²) in [4.78, 5) is 14.0. The van der Waals surface area contributed by atoms with Crippen LogP contribution in [0.5, 0.6) is 0 Å². The van der Waals surface area contributed by atoms with Gasteiger partial charge in [0.2, 0.25) is 5.91 Å². The van der Waals surface area contributed by atoms with Gasteiger partial charge in [0.05, 0.1) is 6.04 Å². The summed E-state index contributed by atoms with van der Waals surface area (Å²) >= 11 is 0. The first kappa shape index (κ1) is 16.4. The lowest BCUT2D eigenvalue weighted by Gasteiger charge is -2.18. The molecule has 0 aliphatic carbocycles. The van der Waals surface area contributed by atoms with E-state index in [2.05, 4.69) is 37.9 Å². The predicted octanol–water partition coefficient (Wildman–Crippen LogP) is 1.21. The summed E-state index contributed by atoms with van der Waals surface area (Å²) in [6.45, 7) is 12.4. The fourth-order valence-corrected chi connectivity index (χ4v) is 1.80. The first-order valence-corrected chi connectivity index (χ1v) is 6.76. The van der Waals surface area contributed by atoms with Crippen molar-refractivity contribution in [3.8, 4) is 0 Å². The average molecular weight is 243 g/mol. The Labute approximate surface area is 106 Å². The van der Waals surface area contributed by atoms with E-state index in [0.717, 1.165) is 39.0 Å². The van der Waals surface area contributed by atoms with Gasteiger partial charge in [0.15, 0.2) is 0 Å². The van der Waals surface area contributed by atoms with Crippen molar-refractivity contribution in [1.82, 2.24) is 10.2 Å². The van der Waals surface area contributed by atoms with E-state index >= 15 is 0 Å². The van der Waals surface area contributed by atoms with Crippen LogP contribution in [-0.2, 0) is 4.79 Å². The zero-order chi connectivity index (χ0) is 13.3. The predicted molar refractivity (Wildman–Crippen MR) is 72.8 cm³/mol. The Hall–Kier alpha value is -0.610. The van der Waals surface area contributed by atoms with Crippen molar-refractivity contribution < 1.29 is 4.79 Å². The van der Waals surface area contributed by atoms with E-state index in [9.17, 15) is 4.79 Å². The smallest absolute Gasteiger partial charge is 0.236 e. The van der Waals surface area contributed by atoms with E-state index in [4.69, 9.17) is 5.73 Å². The zero-order valence-corrected chi connectivity index (χ0v) is 11.8. The Morgan fingerprint density at radius 3 is 2.35 bits per heavy atom. The summed E-state index contributed by atoms with van der Waals surface area (Å²) in [5.74, 6) is 0.449. The van der Waals surface area contributed by atoms with E-state index in [1.54, 1.807) is 0 Å². The van der Waals surface area contributed by atoms with Crippen LogP contribution in [0, 0.1) is 5.92 Å². The summed E-state index contributed by atoms with van der Waals surface area (Å²) in [5.41, 5.74) is 5.79. The second-order valence-corrected chi connectivity index (χ2v) is 4.91. The molecule has 0 aliphatic rings. The number of hydrogen-bond donors (Lipinski definition) is 2. The van der Waals surface area contributed by atoms with E-state index < -0.39 is 0 Å². The number of nitrogens with zero attached hydrogens (tertiary/aromatic N) is 1. The summed E-state index contributed by atoms with van der Waals surface area (Å²) in [5, 5.41) is 2.90. The molecule has 0 aromatic heterocycles. The van der Waals surface area contributed by atoms with Crippen LogP contribution in [0.15, 0.2) is 0 Å². The second-order valence-electron chi connectivity index (χ2n) is 4.91. The molecule has 0 aromatic rings. The van der Waals surface area contributed by atoms with Crippen molar-refractivity contribution in [3.05, 3.63) is 0 Å². The monoisotopic (exact) mass is 243 g/mol. The lowest BCUT2D eigenvalue weighted by Crippen LogP contribution is -2.42. The second kappa shape index (κ2) is 9.42. The van der Waals surface area contributed by atoms with Gasteiger partial charge in [-0.3, -0.25) is 4.79 Å². The summed E-state index contributed by atoms with van der Waals surface area (Å²) in [6, 6.07) is -0.358. The molecule has 1 amide bonds. The molecule has 3 N–H and O–H groups in total. The van der Waals surface area contributed by atoms with Gasteiger partial charge in [0, 0.05) is 6.54 Å². The SMILES string of the molecule is CCN(CC)CCCNC(=O)[C@H](N)CC(C)C. The van der Waals surface area contributed by atoms with Crippen LogP contribution in [-0.4, -0.2) is 43.0 Å². The molecule has 1 atom stereocenters. The maximum absolute atomic E-state index is 11.6. The van der Waals surface area contributed by atoms with Gasteiger partial charge in [0.1, 0.15) is 0 Å².